The van der Waals surface area contributed by atoms with Gasteiger partial charge in [-0.05, 0) is 19.4 Å². The Morgan fingerprint density at radius 3 is 2.57 bits per heavy atom. The first-order valence-electron chi connectivity index (χ1n) is 6.43. The Morgan fingerprint density at radius 2 is 2.00 bits per heavy atom. The molecule has 0 aromatic rings. The highest BCUT2D eigenvalue weighted by atomic mass is 16.7. The van der Waals surface area contributed by atoms with Gasteiger partial charge in [0.15, 0.2) is 6.10 Å². The van der Waals surface area contributed by atoms with Crippen LogP contribution in [0.5, 0.6) is 0 Å². The van der Waals surface area contributed by atoms with Gasteiger partial charge in [-0.15, -0.1) is 5.06 Å². The van der Waals surface area contributed by atoms with Gasteiger partial charge < -0.3 is 19.8 Å². The largest absolute Gasteiger partial charge is 0.463 e. The maximum absolute atomic E-state index is 12.0. The minimum Gasteiger partial charge on any atom is -0.463 e. The van der Waals surface area contributed by atoms with Crippen molar-refractivity contribution >= 4 is 18.0 Å². The molecule has 2 amide bonds. The number of nitrogens with zero attached hydrogens (tertiary/aromatic N) is 2. The van der Waals surface area contributed by atoms with Crippen LogP contribution in [0.15, 0.2) is 12.3 Å². The molecule has 0 saturated heterocycles. The van der Waals surface area contributed by atoms with Gasteiger partial charge in [-0.25, -0.2) is 14.4 Å². The molecule has 9 heteroatoms. The smallest absolute Gasteiger partial charge is 0.361 e. The Kier molecular flexibility index (Phi) is 6.12. The minimum atomic E-state index is -1.81. The van der Waals surface area contributed by atoms with Crippen molar-refractivity contribution in [2.45, 2.75) is 32.6 Å². The van der Waals surface area contributed by atoms with Gasteiger partial charge in [0.1, 0.15) is 0 Å². The maximum atomic E-state index is 12.0. The SMILES string of the molecule is CCOC(=O)C(O)N1CC=CN(OC(=O)C(O)CC)C1=O. The van der Waals surface area contributed by atoms with E-state index in [4.69, 9.17) is 0 Å². The number of carbonyl (C=O) groups excluding carboxylic acids is 3. The first-order valence-corrected chi connectivity index (χ1v) is 6.43. The number of urea groups is 1. The molecule has 0 fully saturated rings. The third-order valence-corrected chi connectivity index (χ3v) is 2.62. The van der Waals surface area contributed by atoms with Crippen LogP contribution in [0.1, 0.15) is 20.3 Å². The summed E-state index contributed by atoms with van der Waals surface area (Å²) in [5.41, 5.74) is 0. The van der Waals surface area contributed by atoms with E-state index < -0.39 is 30.3 Å². The van der Waals surface area contributed by atoms with Gasteiger partial charge in [-0.3, -0.25) is 4.90 Å². The second-order valence-electron chi connectivity index (χ2n) is 4.11. The summed E-state index contributed by atoms with van der Waals surface area (Å²) in [4.78, 5) is 40.3. The molecule has 1 aliphatic rings. The fraction of sp³-hybridized carbons (Fsp3) is 0.583. The molecule has 0 saturated carbocycles. The summed E-state index contributed by atoms with van der Waals surface area (Å²) in [5.74, 6) is -2.00. The number of carbonyl (C=O) groups is 3. The van der Waals surface area contributed by atoms with Crippen molar-refractivity contribution in [2.75, 3.05) is 13.2 Å². The lowest BCUT2D eigenvalue weighted by atomic mass is 10.3. The summed E-state index contributed by atoms with van der Waals surface area (Å²) in [7, 11) is 0. The Labute approximate surface area is 121 Å². The van der Waals surface area contributed by atoms with E-state index >= 15 is 0 Å². The third-order valence-electron chi connectivity index (χ3n) is 2.62. The van der Waals surface area contributed by atoms with E-state index in [1.807, 2.05) is 0 Å². The summed E-state index contributed by atoms with van der Waals surface area (Å²) >= 11 is 0. The summed E-state index contributed by atoms with van der Waals surface area (Å²) in [6.45, 7) is 3.12. The number of esters is 1. The molecule has 118 valence electrons. The third kappa shape index (κ3) is 4.17. The molecule has 0 aliphatic carbocycles. The molecule has 1 rings (SSSR count). The molecule has 9 nitrogen and oxygen atoms in total. The molecule has 2 N–H and O–H groups in total. The predicted octanol–water partition coefficient (Wildman–Crippen LogP) is -0.652. The van der Waals surface area contributed by atoms with Crippen LogP contribution in [0.3, 0.4) is 0 Å². The van der Waals surface area contributed by atoms with Crippen molar-refractivity contribution in [1.29, 1.82) is 0 Å². The van der Waals surface area contributed by atoms with E-state index in [1.54, 1.807) is 13.8 Å². The molecule has 2 unspecified atom stereocenters. The fourth-order valence-electron chi connectivity index (χ4n) is 1.47. The number of ether oxygens (including phenoxy) is 1. The van der Waals surface area contributed by atoms with Crippen molar-refractivity contribution in [1.82, 2.24) is 9.96 Å². The Hall–Kier alpha value is -2.13. The van der Waals surface area contributed by atoms with Crippen LogP contribution in [0.4, 0.5) is 4.79 Å². The van der Waals surface area contributed by atoms with Gasteiger partial charge in [0, 0.05) is 12.7 Å². The van der Waals surface area contributed by atoms with Crippen molar-refractivity contribution in [3.05, 3.63) is 12.3 Å². The van der Waals surface area contributed by atoms with Gasteiger partial charge in [-0.1, -0.05) is 6.92 Å². The number of hydrogen-bond donors (Lipinski definition) is 2. The monoisotopic (exact) mass is 302 g/mol. The molecule has 21 heavy (non-hydrogen) atoms. The quantitative estimate of drug-likeness (QED) is 0.626. The highest BCUT2D eigenvalue weighted by Gasteiger charge is 2.35. The van der Waals surface area contributed by atoms with E-state index in [-0.39, 0.29) is 19.6 Å². The summed E-state index contributed by atoms with van der Waals surface area (Å²) in [6, 6.07) is -0.922. The molecule has 0 aromatic heterocycles. The van der Waals surface area contributed by atoms with Crippen molar-refractivity contribution < 1.29 is 34.2 Å². The normalized spacial score (nSPS) is 17.4. The van der Waals surface area contributed by atoms with Crippen LogP contribution in [-0.4, -0.2) is 63.6 Å². The summed E-state index contributed by atoms with van der Waals surface area (Å²) < 4.78 is 4.60. The first-order chi connectivity index (χ1) is 9.92. The number of rotatable bonds is 6. The molecule has 0 radical (unpaired) electrons. The van der Waals surface area contributed by atoms with Gasteiger partial charge in [-0.2, -0.15) is 0 Å². The molecule has 0 bridgehead atoms. The van der Waals surface area contributed by atoms with Crippen LogP contribution in [0.2, 0.25) is 0 Å². The zero-order valence-corrected chi connectivity index (χ0v) is 11.8. The van der Waals surface area contributed by atoms with Crippen LogP contribution in [-0.2, 0) is 19.2 Å². The summed E-state index contributed by atoms with van der Waals surface area (Å²) in [5, 5.41) is 19.6. The lowest BCUT2D eigenvalue weighted by Crippen LogP contribution is -2.53. The Balaban J connectivity index is 2.73. The van der Waals surface area contributed by atoms with E-state index in [0.717, 1.165) is 11.1 Å². The summed E-state index contributed by atoms with van der Waals surface area (Å²) in [6.07, 6.45) is -0.483. The number of hydrogen-bond acceptors (Lipinski definition) is 7. The van der Waals surface area contributed by atoms with E-state index in [1.165, 1.54) is 6.08 Å². The molecule has 1 heterocycles. The van der Waals surface area contributed by atoms with E-state index in [2.05, 4.69) is 9.57 Å². The molecule has 0 spiro atoms. The zero-order chi connectivity index (χ0) is 16.0. The predicted molar refractivity (Wildman–Crippen MR) is 68.1 cm³/mol. The highest BCUT2D eigenvalue weighted by Crippen LogP contribution is 2.12. The fourth-order valence-corrected chi connectivity index (χ4v) is 1.47. The first kappa shape index (κ1) is 16.9. The minimum absolute atomic E-state index is 0.0507. The van der Waals surface area contributed by atoms with Gasteiger partial charge in [0.2, 0.25) is 6.23 Å². The van der Waals surface area contributed by atoms with E-state index in [0.29, 0.717) is 5.06 Å². The zero-order valence-electron chi connectivity index (χ0n) is 11.8. The Bertz CT molecular complexity index is 437. The molecule has 1 aliphatic heterocycles. The van der Waals surface area contributed by atoms with Crippen LogP contribution in [0.25, 0.3) is 0 Å². The average Bonchev–Trinajstić information content (AvgIpc) is 2.47. The van der Waals surface area contributed by atoms with Crippen molar-refractivity contribution in [2.24, 2.45) is 0 Å². The molecule has 0 aromatic carbocycles. The highest BCUT2D eigenvalue weighted by molar-refractivity contribution is 5.84. The van der Waals surface area contributed by atoms with E-state index in [9.17, 15) is 24.6 Å². The number of aliphatic hydroxyl groups excluding tert-OH is 2. The lowest BCUT2D eigenvalue weighted by Gasteiger charge is -2.32. The second-order valence-corrected chi connectivity index (χ2v) is 4.11. The van der Waals surface area contributed by atoms with Gasteiger partial charge in [0.25, 0.3) is 0 Å². The number of hydroxylamine groups is 2. The van der Waals surface area contributed by atoms with Crippen molar-refractivity contribution in [3.63, 3.8) is 0 Å². The van der Waals surface area contributed by atoms with Crippen LogP contribution < -0.4 is 0 Å². The molecular weight excluding hydrogens is 284 g/mol. The number of aliphatic hydroxyl groups is 2. The van der Waals surface area contributed by atoms with Crippen LogP contribution >= 0.6 is 0 Å². The van der Waals surface area contributed by atoms with Gasteiger partial charge >= 0.3 is 18.0 Å². The standard InChI is InChI=1S/C12H18N2O7/c1-3-8(15)10(17)21-14-7-5-6-13(12(14)19)9(16)11(18)20-4-2/h5,7-9,15-16H,3-4,6H2,1-2H3. The Morgan fingerprint density at radius 1 is 1.33 bits per heavy atom. The second kappa shape index (κ2) is 7.60. The average molecular weight is 302 g/mol. The molecular formula is C12H18N2O7. The van der Waals surface area contributed by atoms with Crippen LogP contribution in [0, 0.1) is 0 Å². The van der Waals surface area contributed by atoms with Crippen molar-refractivity contribution in [3.8, 4) is 0 Å². The van der Waals surface area contributed by atoms with Gasteiger partial charge in [0.05, 0.1) is 6.61 Å². The topological polar surface area (TPSA) is 117 Å². The lowest BCUT2D eigenvalue weighted by molar-refractivity contribution is -0.183. The molecule has 2 atom stereocenters. The maximum Gasteiger partial charge on any atom is 0.361 e. The number of amides is 2.